The number of halogens is 2. The molecule has 0 aliphatic carbocycles. The van der Waals surface area contributed by atoms with Gasteiger partial charge in [-0.2, -0.15) is 0 Å². The van der Waals surface area contributed by atoms with Crippen LogP contribution < -0.4 is 5.73 Å². The first-order valence-electron chi connectivity index (χ1n) is 7.40. The normalized spacial score (nSPS) is 12.9. The van der Waals surface area contributed by atoms with Crippen LogP contribution in [0, 0.1) is 0 Å². The van der Waals surface area contributed by atoms with E-state index in [1.54, 1.807) is 25.1 Å². The van der Waals surface area contributed by atoms with Gasteiger partial charge in [0.15, 0.2) is 6.29 Å². The summed E-state index contributed by atoms with van der Waals surface area (Å²) in [4.78, 5) is 11.2. The van der Waals surface area contributed by atoms with Gasteiger partial charge in [0.1, 0.15) is 6.10 Å². The molecule has 0 aromatic heterocycles. The summed E-state index contributed by atoms with van der Waals surface area (Å²) in [6.07, 6.45) is 0.0687. The maximum atomic E-state index is 11.2. The molecule has 0 saturated carbocycles. The summed E-state index contributed by atoms with van der Waals surface area (Å²) >= 11 is 13.1. The van der Waals surface area contributed by atoms with E-state index in [-0.39, 0.29) is 11.6 Å². The number of ether oxygens (including phenoxy) is 1. The Morgan fingerprint density at radius 1 is 1.20 bits per heavy atom. The van der Waals surface area contributed by atoms with Crippen LogP contribution in [0.3, 0.4) is 0 Å². The number of rotatable bonds is 8. The van der Waals surface area contributed by atoms with E-state index in [9.17, 15) is 4.79 Å². The van der Waals surface area contributed by atoms with Gasteiger partial charge in [-0.25, -0.2) is 0 Å². The number of aldehydes is 1. The molecule has 0 heterocycles. The molecule has 0 radical (unpaired) electrons. The highest BCUT2D eigenvalue weighted by atomic mass is 35.5. The molecular formula is C18H17Cl2NO3S. The number of hydrogen-bond acceptors (Lipinski definition) is 5. The minimum absolute atomic E-state index is 0.0686. The third-order valence-corrected chi connectivity index (χ3v) is 4.41. The van der Waals surface area contributed by atoms with Crippen molar-refractivity contribution in [2.45, 2.75) is 18.8 Å². The van der Waals surface area contributed by atoms with E-state index in [1.807, 2.05) is 30.3 Å². The van der Waals surface area contributed by atoms with Crippen LogP contribution in [0.2, 0.25) is 10.0 Å². The topological polar surface area (TPSA) is 61.5 Å². The molecule has 0 fully saturated rings. The molecule has 2 aromatic carbocycles. The second kappa shape index (κ2) is 9.61. The highest BCUT2D eigenvalue weighted by Crippen LogP contribution is 2.27. The Balaban J connectivity index is 1.98. The lowest BCUT2D eigenvalue weighted by molar-refractivity contribution is -0.106. The molecule has 1 unspecified atom stereocenters. The summed E-state index contributed by atoms with van der Waals surface area (Å²) in [5.74, 6) is 0.408. The molecule has 0 saturated heterocycles. The van der Waals surface area contributed by atoms with Crippen LogP contribution in [0.1, 0.15) is 24.2 Å². The highest BCUT2D eigenvalue weighted by molar-refractivity contribution is 7.94. The molecule has 4 nitrogen and oxygen atoms in total. The van der Waals surface area contributed by atoms with Crippen molar-refractivity contribution < 1.29 is 13.7 Å². The summed E-state index contributed by atoms with van der Waals surface area (Å²) < 4.78 is 10.9. The van der Waals surface area contributed by atoms with Crippen LogP contribution in [0.5, 0.6) is 0 Å². The highest BCUT2D eigenvalue weighted by Gasteiger charge is 2.14. The van der Waals surface area contributed by atoms with Crippen LogP contribution in [0.25, 0.3) is 0 Å². The molecule has 2 N–H and O–H groups in total. The zero-order valence-corrected chi connectivity index (χ0v) is 15.8. The van der Waals surface area contributed by atoms with E-state index in [2.05, 4.69) is 0 Å². The SMILES string of the molecule is CC(O/C(N)=C(\C=O)OSCc1ccccc1)c1cc(Cl)cc(Cl)c1. The van der Waals surface area contributed by atoms with Crippen LogP contribution in [0.4, 0.5) is 0 Å². The van der Waals surface area contributed by atoms with Crippen LogP contribution >= 0.6 is 35.2 Å². The van der Waals surface area contributed by atoms with Gasteiger partial charge in [0.2, 0.25) is 11.6 Å². The summed E-state index contributed by atoms with van der Waals surface area (Å²) in [6.45, 7) is 1.77. The maximum Gasteiger partial charge on any atom is 0.236 e. The lowest BCUT2D eigenvalue weighted by atomic mass is 10.1. The Morgan fingerprint density at radius 3 is 2.44 bits per heavy atom. The molecule has 2 rings (SSSR count). The zero-order chi connectivity index (χ0) is 18.2. The van der Waals surface area contributed by atoms with E-state index >= 15 is 0 Å². The van der Waals surface area contributed by atoms with Gasteiger partial charge < -0.3 is 14.7 Å². The van der Waals surface area contributed by atoms with E-state index < -0.39 is 6.10 Å². The van der Waals surface area contributed by atoms with E-state index in [4.69, 9.17) is 37.9 Å². The smallest absolute Gasteiger partial charge is 0.236 e. The summed E-state index contributed by atoms with van der Waals surface area (Å²) in [5, 5.41) is 0.983. The standard InChI is InChI=1S/C18H17Cl2NO3S/c1-12(14-7-15(19)9-16(20)8-14)23-18(21)17(10-22)24-25-11-13-5-3-2-4-6-13/h2-10,12H,11,21H2,1H3/b18-17+. The van der Waals surface area contributed by atoms with Gasteiger partial charge in [-0.05, 0) is 36.2 Å². The second-order valence-electron chi connectivity index (χ2n) is 5.14. The maximum absolute atomic E-state index is 11.2. The Morgan fingerprint density at radius 2 is 1.84 bits per heavy atom. The van der Waals surface area contributed by atoms with Crippen LogP contribution in [-0.2, 0) is 19.5 Å². The van der Waals surface area contributed by atoms with E-state index in [1.165, 1.54) is 0 Å². The average molecular weight is 398 g/mol. The molecule has 1 atom stereocenters. The fraction of sp³-hybridized carbons (Fsp3) is 0.167. The Bertz CT molecular complexity index is 733. The van der Waals surface area contributed by atoms with Gasteiger partial charge in [0.25, 0.3) is 0 Å². The molecule has 0 aliphatic rings. The first kappa shape index (κ1) is 19.5. The lowest BCUT2D eigenvalue weighted by Crippen LogP contribution is -2.11. The zero-order valence-electron chi connectivity index (χ0n) is 13.4. The van der Waals surface area contributed by atoms with Gasteiger partial charge in [-0.15, -0.1) is 0 Å². The van der Waals surface area contributed by atoms with Gasteiger partial charge >= 0.3 is 0 Å². The van der Waals surface area contributed by atoms with Crippen molar-refractivity contribution in [3.05, 3.63) is 81.3 Å². The fourth-order valence-electron chi connectivity index (χ4n) is 1.98. The van der Waals surface area contributed by atoms with Crippen molar-refractivity contribution in [1.29, 1.82) is 0 Å². The quantitative estimate of drug-likeness (QED) is 0.284. The number of carbonyl (C=O) groups excluding carboxylic acids is 1. The largest absolute Gasteiger partial charge is 0.469 e. The first-order chi connectivity index (χ1) is 12.0. The molecule has 0 amide bonds. The molecular weight excluding hydrogens is 381 g/mol. The number of carbonyl (C=O) groups is 1. The molecule has 25 heavy (non-hydrogen) atoms. The third kappa shape index (κ3) is 6.20. The lowest BCUT2D eigenvalue weighted by Gasteiger charge is -2.16. The molecule has 132 valence electrons. The van der Waals surface area contributed by atoms with Crippen molar-refractivity contribution in [2.75, 3.05) is 0 Å². The monoisotopic (exact) mass is 397 g/mol. The Kier molecular flexibility index (Phi) is 7.50. The second-order valence-corrected chi connectivity index (χ2v) is 6.70. The van der Waals surface area contributed by atoms with Crippen molar-refractivity contribution in [3.8, 4) is 0 Å². The summed E-state index contributed by atoms with van der Waals surface area (Å²) in [6, 6.07) is 14.8. The Hall–Kier alpha value is -1.82. The van der Waals surface area contributed by atoms with Gasteiger partial charge in [-0.1, -0.05) is 53.5 Å². The first-order valence-corrected chi connectivity index (χ1v) is 9.07. The minimum atomic E-state index is -0.450. The van der Waals surface area contributed by atoms with Crippen LogP contribution in [0.15, 0.2) is 60.2 Å². The molecule has 0 aliphatic heterocycles. The predicted molar refractivity (Wildman–Crippen MR) is 102 cm³/mol. The Labute approximate surface area is 161 Å². The number of allylic oxidation sites excluding steroid dienone is 1. The molecule has 0 bridgehead atoms. The van der Waals surface area contributed by atoms with Gasteiger partial charge in [-0.3, -0.25) is 4.79 Å². The van der Waals surface area contributed by atoms with Crippen molar-refractivity contribution in [3.63, 3.8) is 0 Å². The fourth-order valence-corrected chi connectivity index (χ4v) is 3.16. The van der Waals surface area contributed by atoms with Crippen LogP contribution in [-0.4, -0.2) is 6.29 Å². The van der Waals surface area contributed by atoms with Gasteiger partial charge in [0.05, 0.1) is 17.8 Å². The number of benzene rings is 2. The van der Waals surface area contributed by atoms with Crippen molar-refractivity contribution in [2.24, 2.45) is 5.73 Å². The molecule has 7 heteroatoms. The minimum Gasteiger partial charge on any atom is -0.469 e. The van der Waals surface area contributed by atoms with E-state index in [0.29, 0.717) is 22.1 Å². The average Bonchev–Trinajstić information content (AvgIpc) is 2.58. The molecule has 2 aromatic rings. The third-order valence-electron chi connectivity index (χ3n) is 3.23. The van der Waals surface area contributed by atoms with E-state index in [0.717, 1.165) is 23.2 Å². The number of hydrogen-bond donors (Lipinski definition) is 1. The number of nitrogens with two attached hydrogens (primary N) is 1. The summed E-state index contributed by atoms with van der Waals surface area (Å²) in [7, 11) is 0. The van der Waals surface area contributed by atoms with Crippen molar-refractivity contribution in [1.82, 2.24) is 0 Å². The molecule has 0 spiro atoms. The predicted octanol–water partition coefficient (Wildman–Crippen LogP) is 5.26. The van der Waals surface area contributed by atoms with Gasteiger partial charge in [0, 0.05) is 10.0 Å². The summed E-state index contributed by atoms with van der Waals surface area (Å²) in [5.41, 5.74) is 7.65. The van der Waals surface area contributed by atoms with Crippen molar-refractivity contribution >= 4 is 41.5 Å².